The molecule has 1 aromatic heterocycles. The molecule has 0 saturated carbocycles. The molecule has 0 aliphatic heterocycles. The highest BCUT2D eigenvalue weighted by Crippen LogP contribution is 2.26. The van der Waals surface area contributed by atoms with Gasteiger partial charge in [0.2, 0.25) is 0 Å². The molecule has 7 heteroatoms. The number of nitrogens with one attached hydrogen (secondary N) is 1. The van der Waals surface area contributed by atoms with Crippen LogP contribution in [0.5, 0.6) is 5.75 Å². The summed E-state index contributed by atoms with van der Waals surface area (Å²) in [5, 5.41) is 12.5. The molecule has 1 aromatic carbocycles. The Kier molecular flexibility index (Phi) is 5.38. The van der Waals surface area contributed by atoms with Crippen molar-refractivity contribution in [2.75, 3.05) is 11.9 Å². The number of benzene rings is 1. The van der Waals surface area contributed by atoms with Crippen LogP contribution in [0, 0.1) is 0 Å². The van der Waals surface area contributed by atoms with Gasteiger partial charge in [-0.2, -0.15) is 0 Å². The Bertz CT molecular complexity index is 650. The Balaban J connectivity index is 1.94. The number of aliphatic hydroxyl groups excluding tert-OH is 1. The summed E-state index contributed by atoms with van der Waals surface area (Å²) in [6.07, 6.45) is 3.00. The van der Waals surface area contributed by atoms with E-state index in [-0.39, 0.29) is 19.1 Å². The lowest BCUT2D eigenvalue weighted by atomic mass is 10.2. The summed E-state index contributed by atoms with van der Waals surface area (Å²) in [4.78, 5) is 15.7. The molecule has 2 rings (SSSR count). The molecular formula is C14H12Cl2N2O3. The third kappa shape index (κ3) is 4.32. The van der Waals surface area contributed by atoms with Crippen molar-refractivity contribution in [2.24, 2.45) is 0 Å². The van der Waals surface area contributed by atoms with Crippen molar-refractivity contribution in [3.05, 3.63) is 52.3 Å². The lowest BCUT2D eigenvalue weighted by molar-refractivity contribution is -0.118. The fourth-order valence-electron chi connectivity index (χ4n) is 1.58. The number of anilines is 1. The molecule has 1 heterocycles. The van der Waals surface area contributed by atoms with Gasteiger partial charge >= 0.3 is 0 Å². The lowest BCUT2D eigenvalue weighted by Crippen LogP contribution is -2.21. The number of carbonyl (C=O) groups is 1. The minimum absolute atomic E-state index is 0.189. The van der Waals surface area contributed by atoms with Gasteiger partial charge in [0.05, 0.1) is 28.5 Å². The van der Waals surface area contributed by atoms with Gasteiger partial charge in [-0.25, -0.2) is 0 Å². The number of hydrogen-bond donors (Lipinski definition) is 2. The monoisotopic (exact) mass is 326 g/mol. The van der Waals surface area contributed by atoms with Crippen molar-refractivity contribution < 1.29 is 14.6 Å². The molecule has 0 atom stereocenters. The Morgan fingerprint density at radius 3 is 2.81 bits per heavy atom. The summed E-state index contributed by atoms with van der Waals surface area (Å²) in [7, 11) is 0. The molecule has 2 aromatic rings. The molecule has 0 aliphatic carbocycles. The second-order valence-electron chi connectivity index (χ2n) is 4.10. The Labute approximate surface area is 131 Å². The standard InChI is InChI=1S/C14H12Cl2N2O3/c15-11-2-1-10(5-12(11)16)21-8-14(20)18-13-6-17-4-3-9(13)7-19/h1-6,19H,7-8H2,(H,18,20). The van der Waals surface area contributed by atoms with Crippen LogP contribution < -0.4 is 10.1 Å². The summed E-state index contributed by atoms with van der Waals surface area (Å²) in [6, 6.07) is 6.35. The van der Waals surface area contributed by atoms with Crippen LogP contribution in [-0.4, -0.2) is 22.6 Å². The normalized spacial score (nSPS) is 10.2. The van der Waals surface area contributed by atoms with E-state index in [9.17, 15) is 4.79 Å². The first-order valence-electron chi connectivity index (χ1n) is 6.01. The van der Waals surface area contributed by atoms with Gasteiger partial charge in [0.25, 0.3) is 5.91 Å². The second-order valence-corrected chi connectivity index (χ2v) is 4.92. The molecule has 0 bridgehead atoms. The molecule has 2 N–H and O–H groups in total. The smallest absolute Gasteiger partial charge is 0.262 e. The van der Waals surface area contributed by atoms with Crippen molar-refractivity contribution >= 4 is 34.8 Å². The van der Waals surface area contributed by atoms with Crippen molar-refractivity contribution in [3.8, 4) is 5.75 Å². The fraction of sp³-hybridized carbons (Fsp3) is 0.143. The quantitative estimate of drug-likeness (QED) is 0.886. The summed E-state index contributed by atoms with van der Waals surface area (Å²) in [6.45, 7) is -0.385. The number of halogens is 2. The maximum Gasteiger partial charge on any atom is 0.262 e. The zero-order valence-corrected chi connectivity index (χ0v) is 12.4. The topological polar surface area (TPSA) is 71.5 Å². The summed E-state index contributed by atoms with van der Waals surface area (Å²) in [5.41, 5.74) is 1.02. The van der Waals surface area contributed by atoms with Gasteiger partial charge in [0.1, 0.15) is 5.75 Å². The first-order chi connectivity index (χ1) is 10.1. The second kappa shape index (κ2) is 7.26. The molecule has 0 unspecified atom stereocenters. The largest absolute Gasteiger partial charge is 0.484 e. The van der Waals surface area contributed by atoms with Gasteiger partial charge in [-0.3, -0.25) is 9.78 Å². The van der Waals surface area contributed by atoms with E-state index >= 15 is 0 Å². The van der Waals surface area contributed by atoms with E-state index in [1.165, 1.54) is 18.5 Å². The van der Waals surface area contributed by atoms with Crippen LogP contribution in [0.4, 0.5) is 5.69 Å². The number of amides is 1. The molecular weight excluding hydrogens is 315 g/mol. The molecule has 0 fully saturated rings. The first kappa shape index (κ1) is 15.6. The number of carbonyl (C=O) groups excluding carboxylic acids is 1. The third-order valence-corrected chi connectivity index (χ3v) is 3.36. The maximum atomic E-state index is 11.8. The van der Waals surface area contributed by atoms with E-state index in [1.54, 1.807) is 18.2 Å². The highest BCUT2D eigenvalue weighted by molar-refractivity contribution is 6.42. The van der Waals surface area contributed by atoms with E-state index in [4.69, 9.17) is 33.0 Å². The van der Waals surface area contributed by atoms with Gasteiger partial charge in [0.15, 0.2) is 6.61 Å². The van der Waals surface area contributed by atoms with E-state index < -0.39 is 0 Å². The molecule has 1 amide bonds. The average Bonchev–Trinajstić information content (AvgIpc) is 2.49. The van der Waals surface area contributed by atoms with Crippen LogP contribution >= 0.6 is 23.2 Å². The number of ether oxygens (including phenoxy) is 1. The van der Waals surface area contributed by atoms with Gasteiger partial charge < -0.3 is 15.2 Å². The van der Waals surface area contributed by atoms with E-state index in [0.717, 1.165) is 0 Å². The van der Waals surface area contributed by atoms with Crippen LogP contribution in [-0.2, 0) is 11.4 Å². The zero-order chi connectivity index (χ0) is 15.2. The number of pyridine rings is 1. The zero-order valence-electron chi connectivity index (χ0n) is 10.8. The Morgan fingerprint density at radius 1 is 1.29 bits per heavy atom. The van der Waals surface area contributed by atoms with Gasteiger partial charge in [-0.05, 0) is 18.2 Å². The van der Waals surface area contributed by atoms with Gasteiger partial charge in [0, 0.05) is 17.8 Å². The van der Waals surface area contributed by atoms with Crippen LogP contribution in [0.15, 0.2) is 36.7 Å². The third-order valence-electron chi connectivity index (χ3n) is 2.62. The molecule has 21 heavy (non-hydrogen) atoms. The van der Waals surface area contributed by atoms with Crippen molar-refractivity contribution in [3.63, 3.8) is 0 Å². The molecule has 110 valence electrons. The minimum Gasteiger partial charge on any atom is -0.484 e. The molecule has 0 spiro atoms. The highest BCUT2D eigenvalue weighted by Gasteiger charge is 2.08. The SMILES string of the molecule is O=C(COc1ccc(Cl)c(Cl)c1)Nc1cnccc1CO. The number of aliphatic hydroxyl groups is 1. The molecule has 0 radical (unpaired) electrons. The summed E-state index contributed by atoms with van der Waals surface area (Å²) >= 11 is 11.6. The average molecular weight is 327 g/mol. The van der Waals surface area contributed by atoms with Crippen molar-refractivity contribution in [1.82, 2.24) is 4.98 Å². The summed E-state index contributed by atoms with van der Waals surface area (Å²) in [5.74, 6) is 0.0666. The van der Waals surface area contributed by atoms with Crippen LogP contribution in [0.2, 0.25) is 10.0 Å². The Morgan fingerprint density at radius 2 is 2.10 bits per heavy atom. The van der Waals surface area contributed by atoms with E-state index in [2.05, 4.69) is 10.3 Å². The number of rotatable bonds is 5. The lowest BCUT2D eigenvalue weighted by Gasteiger charge is -2.10. The van der Waals surface area contributed by atoms with E-state index in [1.807, 2.05) is 0 Å². The minimum atomic E-state index is -0.372. The van der Waals surface area contributed by atoms with E-state index in [0.29, 0.717) is 27.0 Å². The molecule has 5 nitrogen and oxygen atoms in total. The maximum absolute atomic E-state index is 11.8. The van der Waals surface area contributed by atoms with Crippen molar-refractivity contribution in [2.45, 2.75) is 6.61 Å². The number of hydrogen-bond acceptors (Lipinski definition) is 4. The highest BCUT2D eigenvalue weighted by atomic mass is 35.5. The summed E-state index contributed by atoms with van der Waals surface area (Å²) < 4.78 is 5.31. The van der Waals surface area contributed by atoms with Gasteiger partial charge in [-0.1, -0.05) is 23.2 Å². The van der Waals surface area contributed by atoms with Crippen molar-refractivity contribution in [1.29, 1.82) is 0 Å². The number of nitrogens with zero attached hydrogens (tertiary/aromatic N) is 1. The molecule has 0 aliphatic rings. The van der Waals surface area contributed by atoms with Crippen LogP contribution in [0.25, 0.3) is 0 Å². The van der Waals surface area contributed by atoms with Crippen LogP contribution in [0.3, 0.4) is 0 Å². The first-order valence-corrected chi connectivity index (χ1v) is 6.77. The predicted octanol–water partition coefficient (Wildman–Crippen LogP) is 2.90. The fourth-order valence-corrected chi connectivity index (χ4v) is 1.86. The number of aromatic nitrogens is 1. The predicted molar refractivity (Wildman–Crippen MR) is 80.7 cm³/mol. The van der Waals surface area contributed by atoms with Crippen LogP contribution in [0.1, 0.15) is 5.56 Å². The molecule has 0 saturated heterocycles. The van der Waals surface area contributed by atoms with Gasteiger partial charge in [-0.15, -0.1) is 0 Å². The Hall–Kier alpha value is -1.82.